The second kappa shape index (κ2) is 10.4. The molecule has 0 spiro atoms. The highest BCUT2D eigenvalue weighted by molar-refractivity contribution is 9.10. The Labute approximate surface area is 180 Å². The van der Waals surface area contributed by atoms with E-state index in [9.17, 15) is 9.59 Å². The van der Waals surface area contributed by atoms with E-state index >= 15 is 0 Å². The molecular weight excluding hydrogens is 434 g/mol. The zero-order valence-corrected chi connectivity index (χ0v) is 18.2. The number of likely N-dealkylation sites (N-methyl/N-ethyl adjacent to an activating group) is 1. The first-order valence-electron chi connectivity index (χ1n) is 9.72. The number of piperazine rings is 1. The number of hydrogen-bond acceptors (Lipinski definition) is 4. The summed E-state index contributed by atoms with van der Waals surface area (Å²) in [5, 5.41) is 0. The third-order valence-corrected chi connectivity index (χ3v) is 5.50. The van der Waals surface area contributed by atoms with E-state index in [1.54, 1.807) is 11.9 Å². The first kappa shape index (κ1) is 21.3. The van der Waals surface area contributed by atoms with Gasteiger partial charge in [-0.1, -0.05) is 34.1 Å². The third kappa shape index (κ3) is 6.30. The van der Waals surface area contributed by atoms with E-state index in [1.807, 2.05) is 59.5 Å². The van der Waals surface area contributed by atoms with Crippen LogP contribution in [-0.2, 0) is 4.79 Å². The highest BCUT2D eigenvalue weighted by Crippen LogP contribution is 2.16. The predicted molar refractivity (Wildman–Crippen MR) is 116 cm³/mol. The molecule has 0 N–H and O–H groups in total. The van der Waals surface area contributed by atoms with Crippen molar-refractivity contribution in [3.8, 4) is 5.75 Å². The topological polar surface area (TPSA) is 53.1 Å². The maximum atomic E-state index is 12.5. The standard InChI is InChI=1S/C22H26BrN3O3/c1-24(15-16-29-20-9-7-19(23)8-10-20)21(27)17-25-11-13-26(14-12-25)22(28)18-5-3-2-4-6-18/h2-10H,11-17H2,1H3. The van der Waals surface area contributed by atoms with Crippen molar-refractivity contribution in [2.24, 2.45) is 0 Å². The molecule has 0 aliphatic carbocycles. The van der Waals surface area contributed by atoms with Gasteiger partial charge in [0.2, 0.25) is 5.91 Å². The fourth-order valence-electron chi connectivity index (χ4n) is 3.14. The lowest BCUT2D eigenvalue weighted by Gasteiger charge is -2.35. The van der Waals surface area contributed by atoms with Crippen LogP contribution in [0.3, 0.4) is 0 Å². The van der Waals surface area contributed by atoms with Gasteiger partial charge >= 0.3 is 0 Å². The van der Waals surface area contributed by atoms with Crippen molar-refractivity contribution in [3.63, 3.8) is 0 Å². The smallest absolute Gasteiger partial charge is 0.253 e. The molecule has 1 aliphatic rings. The van der Waals surface area contributed by atoms with Gasteiger partial charge in [-0.05, 0) is 36.4 Å². The number of carbonyl (C=O) groups is 2. The molecule has 0 saturated carbocycles. The summed E-state index contributed by atoms with van der Waals surface area (Å²) in [4.78, 5) is 30.6. The Hall–Kier alpha value is -2.38. The number of benzene rings is 2. The molecule has 0 atom stereocenters. The van der Waals surface area contributed by atoms with Crippen LogP contribution in [0.15, 0.2) is 59.1 Å². The van der Waals surface area contributed by atoms with Gasteiger partial charge in [-0.25, -0.2) is 0 Å². The molecule has 1 heterocycles. The summed E-state index contributed by atoms with van der Waals surface area (Å²) >= 11 is 3.39. The maximum Gasteiger partial charge on any atom is 0.253 e. The molecule has 154 valence electrons. The van der Waals surface area contributed by atoms with Gasteiger partial charge in [0.15, 0.2) is 0 Å². The van der Waals surface area contributed by atoms with Crippen LogP contribution in [0.1, 0.15) is 10.4 Å². The number of rotatable bonds is 7. The van der Waals surface area contributed by atoms with Gasteiger partial charge < -0.3 is 14.5 Å². The third-order valence-electron chi connectivity index (χ3n) is 4.97. The van der Waals surface area contributed by atoms with E-state index in [4.69, 9.17) is 4.74 Å². The van der Waals surface area contributed by atoms with Gasteiger partial charge in [-0.2, -0.15) is 0 Å². The summed E-state index contributed by atoms with van der Waals surface area (Å²) in [7, 11) is 1.79. The van der Waals surface area contributed by atoms with Crippen molar-refractivity contribution in [2.75, 3.05) is 52.9 Å². The molecule has 3 rings (SSSR count). The summed E-state index contributed by atoms with van der Waals surface area (Å²) in [6, 6.07) is 17.0. The fourth-order valence-corrected chi connectivity index (χ4v) is 3.40. The number of halogens is 1. The Morgan fingerprint density at radius 1 is 1.00 bits per heavy atom. The van der Waals surface area contributed by atoms with Gasteiger partial charge in [0.25, 0.3) is 5.91 Å². The minimum Gasteiger partial charge on any atom is -0.492 e. The number of amides is 2. The van der Waals surface area contributed by atoms with E-state index in [1.165, 1.54) is 0 Å². The Balaban J connectivity index is 1.37. The van der Waals surface area contributed by atoms with Crippen molar-refractivity contribution < 1.29 is 14.3 Å². The fraction of sp³-hybridized carbons (Fsp3) is 0.364. The predicted octanol–water partition coefficient (Wildman–Crippen LogP) is 2.74. The minimum atomic E-state index is 0.0544. The van der Waals surface area contributed by atoms with Crippen LogP contribution in [0.25, 0.3) is 0 Å². The van der Waals surface area contributed by atoms with E-state index in [-0.39, 0.29) is 11.8 Å². The Kier molecular flexibility index (Phi) is 7.66. The summed E-state index contributed by atoms with van der Waals surface area (Å²) in [6.07, 6.45) is 0. The van der Waals surface area contributed by atoms with Gasteiger partial charge in [-0.3, -0.25) is 14.5 Å². The molecule has 2 amide bonds. The lowest BCUT2D eigenvalue weighted by Crippen LogP contribution is -2.51. The van der Waals surface area contributed by atoms with Crippen LogP contribution in [0.5, 0.6) is 5.75 Å². The van der Waals surface area contributed by atoms with Crippen LogP contribution in [0.4, 0.5) is 0 Å². The maximum absolute atomic E-state index is 12.5. The SMILES string of the molecule is CN(CCOc1ccc(Br)cc1)C(=O)CN1CCN(C(=O)c2ccccc2)CC1. The highest BCUT2D eigenvalue weighted by atomic mass is 79.9. The molecule has 2 aromatic carbocycles. The first-order chi connectivity index (χ1) is 14.0. The quantitative estimate of drug-likeness (QED) is 0.638. The second-order valence-electron chi connectivity index (χ2n) is 7.05. The first-order valence-corrected chi connectivity index (χ1v) is 10.5. The van der Waals surface area contributed by atoms with Gasteiger partial charge in [0.05, 0.1) is 13.1 Å². The van der Waals surface area contributed by atoms with E-state index in [0.717, 1.165) is 10.2 Å². The molecule has 0 bridgehead atoms. The molecule has 0 radical (unpaired) electrons. The summed E-state index contributed by atoms with van der Waals surface area (Å²) in [5.74, 6) is 0.902. The zero-order chi connectivity index (χ0) is 20.6. The summed E-state index contributed by atoms with van der Waals surface area (Å²) < 4.78 is 6.68. The molecule has 0 unspecified atom stereocenters. The molecule has 2 aromatic rings. The lowest BCUT2D eigenvalue weighted by molar-refractivity contribution is -0.131. The molecule has 1 saturated heterocycles. The van der Waals surface area contributed by atoms with Crippen molar-refractivity contribution in [2.45, 2.75) is 0 Å². The minimum absolute atomic E-state index is 0.0544. The van der Waals surface area contributed by atoms with Crippen LogP contribution in [0, 0.1) is 0 Å². The zero-order valence-electron chi connectivity index (χ0n) is 16.6. The summed E-state index contributed by atoms with van der Waals surface area (Å²) in [5.41, 5.74) is 0.711. The second-order valence-corrected chi connectivity index (χ2v) is 7.97. The van der Waals surface area contributed by atoms with E-state index in [0.29, 0.717) is 51.4 Å². The Morgan fingerprint density at radius 2 is 1.66 bits per heavy atom. The molecule has 1 fully saturated rings. The van der Waals surface area contributed by atoms with Gasteiger partial charge in [-0.15, -0.1) is 0 Å². The monoisotopic (exact) mass is 459 g/mol. The normalized spacial score (nSPS) is 14.5. The van der Waals surface area contributed by atoms with Gasteiger partial charge in [0.1, 0.15) is 12.4 Å². The molecule has 29 heavy (non-hydrogen) atoms. The van der Waals surface area contributed by atoms with E-state index in [2.05, 4.69) is 20.8 Å². The molecule has 6 nitrogen and oxygen atoms in total. The van der Waals surface area contributed by atoms with Crippen molar-refractivity contribution in [3.05, 3.63) is 64.6 Å². The van der Waals surface area contributed by atoms with Crippen LogP contribution in [-0.4, -0.2) is 79.4 Å². The molecule has 0 aromatic heterocycles. The number of ether oxygens (including phenoxy) is 1. The summed E-state index contributed by atoms with van der Waals surface area (Å²) in [6.45, 7) is 4.02. The van der Waals surface area contributed by atoms with Gasteiger partial charge in [0, 0.05) is 43.3 Å². The lowest BCUT2D eigenvalue weighted by atomic mass is 10.2. The Morgan fingerprint density at radius 3 is 2.31 bits per heavy atom. The Bertz CT molecular complexity index is 806. The average molecular weight is 460 g/mol. The number of hydrogen-bond donors (Lipinski definition) is 0. The molecule has 7 heteroatoms. The number of nitrogens with zero attached hydrogens (tertiary/aromatic N) is 3. The molecular formula is C22H26BrN3O3. The van der Waals surface area contributed by atoms with Crippen molar-refractivity contribution in [1.82, 2.24) is 14.7 Å². The van der Waals surface area contributed by atoms with E-state index < -0.39 is 0 Å². The average Bonchev–Trinajstić information content (AvgIpc) is 2.75. The van der Waals surface area contributed by atoms with Crippen LogP contribution < -0.4 is 4.74 Å². The highest BCUT2D eigenvalue weighted by Gasteiger charge is 2.24. The van der Waals surface area contributed by atoms with Crippen LogP contribution >= 0.6 is 15.9 Å². The van der Waals surface area contributed by atoms with Crippen molar-refractivity contribution in [1.29, 1.82) is 0 Å². The van der Waals surface area contributed by atoms with Crippen molar-refractivity contribution >= 4 is 27.7 Å². The van der Waals surface area contributed by atoms with Crippen LogP contribution in [0.2, 0.25) is 0 Å². The molecule has 1 aliphatic heterocycles. The largest absolute Gasteiger partial charge is 0.492 e. The number of carbonyl (C=O) groups excluding carboxylic acids is 2.